The molecular weight excluding hydrogens is 508 g/mol. The minimum absolute atomic E-state index is 0.0423. The van der Waals surface area contributed by atoms with Gasteiger partial charge in [-0.1, -0.05) is 5.16 Å². The number of hydrogen-bond donors (Lipinski definition) is 1. The van der Waals surface area contributed by atoms with Crippen molar-refractivity contribution in [2.75, 3.05) is 43.0 Å². The third-order valence-electron chi connectivity index (χ3n) is 7.12. The molecule has 2 aromatic heterocycles. The summed E-state index contributed by atoms with van der Waals surface area (Å²) in [6.45, 7) is 1.59. The number of nitrogens with two attached hydrogens (primary N) is 1. The highest BCUT2D eigenvalue weighted by Gasteiger charge is 2.35. The summed E-state index contributed by atoms with van der Waals surface area (Å²) in [5, 5.41) is 3.28. The molecule has 5 rings (SSSR count). The monoisotopic (exact) mass is 534 g/mol. The van der Waals surface area contributed by atoms with Crippen molar-refractivity contribution >= 4 is 17.9 Å². The van der Waals surface area contributed by atoms with Gasteiger partial charge in [-0.05, 0) is 36.6 Å². The Balaban J connectivity index is 1.18. The van der Waals surface area contributed by atoms with Gasteiger partial charge in [0.05, 0.1) is 5.56 Å². The molecule has 10 nitrogen and oxygen atoms in total. The topological polar surface area (TPSA) is 118 Å². The summed E-state index contributed by atoms with van der Waals surface area (Å²) in [4.78, 5) is 30.5. The predicted molar refractivity (Wildman–Crippen MR) is 128 cm³/mol. The Morgan fingerprint density at radius 3 is 2.50 bits per heavy atom. The third-order valence-corrected chi connectivity index (χ3v) is 7.12. The van der Waals surface area contributed by atoms with Crippen LogP contribution in [-0.4, -0.2) is 76.2 Å². The second kappa shape index (κ2) is 10.5. The summed E-state index contributed by atoms with van der Waals surface area (Å²) in [6.07, 6.45) is 1.22. The SMILES string of the molecule is CN(C(=O)c1cnc(N2CC(N)C(c3cc(F)ccc3F)C2)nc1)C1CCN(c2nc(C(F)F)no2)CC1. The van der Waals surface area contributed by atoms with Crippen LogP contribution in [-0.2, 0) is 0 Å². The number of carbonyl (C=O) groups is 1. The Hall–Kier alpha value is -3.81. The minimum Gasteiger partial charge on any atom is -0.339 e. The van der Waals surface area contributed by atoms with Crippen LogP contribution >= 0.6 is 0 Å². The first kappa shape index (κ1) is 25.8. The molecule has 202 valence electrons. The van der Waals surface area contributed by atoms with Crippen LogP contribution in [0.25, 0.3) is 0 Å². The van der Waals surface area contributed by atoms with E-state index in [0.29, 0.717) is 50.5 Å². The van der Waals surface area contributed by atoms with E-state index in [9.17, 15) is 22.4 Å². The van der Waals surface area contributed by atoms with Gasteiger partial charge in [0.2, 0.25) is 11.8 Å². The first-order valence-corrected chi connectivity index (χ1v) is 12.1. The molecule has 38 heavy (non-hydrogen) atoms. The van der Waals surface area contributed by atoms with Crippen LogP contribution in [0.15, 0.2) is 35.1 Å². The van der Waals surface area contributed by atoms with Gasteiger partial charge in [-0.25, -0.2) is 27.5 Å². The first-order valence-electron chi connectivity index (χ1n) is 12.1. The zero-order valence-corrected chi connectivity index (χ0v) is 20.5. The molecule has 0 radical (unpaired) electrons. The molecule has 0 bridgehead atoms. The number of benzene rings is 1. The molecule has 14 heteroatoms. The molecule has 2 saturated heterocycles. The number of carbonyl (C=O) groups excluding carboxylic acids is 1. The lowest BCUT2D eigenvalue weighted by Gasteiger charge is -2.35. The van der Waals surface area contributed by atoms with E-state index < -0.39 is 35.8 Å². The van der Waals surface area contributed by atoms with E-state index in [1.807, 2.05) is 0 Å². The van der Waals surface area contributed by atoms with Gasteiger partial charge in [0, 0.05) is 63.6 Å². The van der Waals surface area contributed by atoms with Crippen molar-refractivity contribution < 1.29 is 26.9 Å². The van der Waals surface area contributed by atoms with Crippen LogP contribution in [0.1, 0.15) is 46.9 Å². The molecule has 1 amide bonds. The molecule has 3 aromatic rings. The van der Waals surface area contributed by atoms with Crippen molar-refractivity contribution in [3.05, 3.63) is 59.2 Å². The Kier molecular flexibility index (Phi) is 7.15. The van der Waals surface area contributed by atoms with E-state index in [1.165, 1.54) is 12.4 Å². The summed E-state index contributed by atoms with van der Waals surface area (Å²) < 4.78 is 58.3. The molecule has 4 heterocycles. The Labute approximate surface area is 215 Å². The van der Waals surface area contributed by atoms with Gasteiger partial charge >= 0.3 is 12.4 Å². The zero-order valence-electron chi connectivity index (χ0n) is 20.5. The highest BCUT2D eigenvalue weighted by Crippen LogP contribution is 2.31. The summed E-state index contributed by atoms with van der Waals surface area (Å²) in [5.74, 6) is -2.04. The van der Waals surface area contributed by atoms with E-state index in [0.717, 1.165) is 18.2 Å². The smallest absolute Gasteiger partial charge is 0.324 e. The maximum atomic E-state index is 14.3. The highest BCUT2D eigenvalue weighted by atomic mass is 19.3. The second-order valence-electron chi connectivity index (χ2n) is 9.48. The van der Waals surface area contributed by atoms with Gasteiger partial charge in [0.1, 0.15) is 11.6 Å². The van der Waals surface area contributed by atoms with Crippen molar-refractivity contribution in [3.63, 3.8) is 0 Å². The van der Waals surface area contributed by atoms with Crippen molar-refractivity contribution in [1.82, 2.24) is 25.0 Å². The van der Waals surface area contributed by atoms with Crippen molar-refractivity contribution in [2.45, 2.75) is 37.3 Å². The molecule has 0 aliphatic carbocycles. The van der Waals surface area contributed by atoms with E-state index >= 15 is 0 Å². The van der Waals surface area contributed by atoms with Crippen LogP contribution < -0.4 is 15.5 Å². The number of anilines is 2. The Morgan fingerprint density at radius 1 is 1.13 bits per heavy atom. The highest BCUT2D eigenvalue weighted by molar-refractivity contribution is 5.93. The van der Waals surface area contributed by atoms with Crippen molar-refractivity contribution in [3.8, 4) is 0 Å². The van der Waals surface area contributed by atoms with Crippen LogP contribution in [0, 0.1) is 11.6 Å². The quantitative estimate of drug-likeness (QED) is 0.477. The van der Waals surface area contributed by atoms with Crippen molar-refractivity contribution in [2.24, 2.45) is 5.73 Å². The number of hydrogen-bond acceptors (Lipinski definition) is 9. The number of amides is 1. The fraction of sp³-hybridized carbons (Fsp3) is 0.458. The third kappa shape index (κ3) is 5.12. The van der Waals surface area contributed by atoms with Crippen LogP contribution in [0.2, 0.25) is 0 Å². The number of aromatic nitrogens is 4. The standard InChI is InChI=1S/C24H26F4N8O2/c1-34(15-4-6-35(7-5-15)24-32-21(20(27)28)33-38-24)22(37)13-9-30-23(31-10-13)36-11-17(19(29)12-36)16-8-14(25)2-3-18(16)26/h2-3,8-10,15,17,19-20H,4-7,11-12,29H2,1H3. The number of alkyl halides is 2. The summed E-state index contributed by atoms with van der Waals surface area (Å²) >= 11 is 0. The lowest BCUT2D eigenvalue weighted by molar-refractivity contribution is 0.0707. The summed E-state index contributed by atoms with van der Waals surface area (Å²) in [7, 11) is 1.69. The summed E-state index contributed by atoms with van der Waals surface area (Å²) in [5.41, 5.74) is 6.74. The predicted octanol–water partition coefficient (Wildman–Crippen LogP) is 2.75. The van der Waals surface area contributed by atoms with Gasteiger partial charge in [0.25, 0.3) is 5.91 Å². The maximum Gasteiger partial charge on any atom is 0.324 e. The molecule has 2 atom stereocenters. The average molecular weight is 535 g/mol. The minimum atomic E-state index is -2.80. The summed E-state index contributed by atoms with van der Waals surface area (Å²) in [6, 6.07) is 2.83. The molecule has 2 aliphatic heterocycles. The molecule has 2 aliphatic rings. The Morgan fingerprint density at radius 2 is 1.84 bits per heavy atom. The molecule has 0 spiro atoms. The number of piperidine rings is 1. The maximum absolute atomic E-state index is 14.3. The van der Waals surface area contributed by atoms with E-state index in [1.54, 1.807) is 21.7 Å². The number of rotatable bonds is 6. The zero-order chi connectivity index (χ0) is 27.0. The fourth-order valence-electron chi connectivity index (χ4n) is 4.97. The largest absolute Gasteiger partial charge is 0.339 e. The van der Waals surface area contributed by atoms with E-state index in [2.05, 4.69) is 20.1 Å². The first-order chi connectivity index (χ1) is 18.2. The number of halogens is 4. The fourth-order valence-corrected chi connectivity index (χ4v) is 4.97. The molecule has 2 unspecified atom stereocenters. The van der Waals surface area contributed by atoms with Crippen molar-refractivity contribution in [1.29, 1.82) is 0 Å². The van der Waals surface area contributed by atoms with E-state index in [4.69, 9.17) is 10.3 Å². The number of nitrogens with zero attached hydrogens (tertiary/aromatic N) is 7. The van der Waals surface area contributed by atoms with Gasteiger partial charge in [-0.15, -0.1) is 0 Å². The molecule has 2 fully saturated rings. The normalized spacial score (nSPS) is 20.4. The molecule has 0 saturated carbocycles. The van der Waals surface area contributed by atoms with Gasteiger partial charge in [-0.3, -0.25) is 4.79 Å². The van der Waals surface area contributed by atoms with Gasteiger partial charge in [0.15, 0.2) is 0 Å². The van der Waals surface area contributed by atoms with Gasteiger partial charge in [-0.2, -0.15) is 4.98 Å². The van der Waals surface area contributed by atoms with Crippen LogP contribution in [0.4, 0.5) is 29.5 Å². The Bertz CT molecular complexity index is 1280. The van der Waals surface area contributed by atoms with Gasteiger partial charge < -0.3 is 25.0 Å². The molecular formula is C24H26F4N8O2. The molecule has 2 N–H and O–H groups in total. The lowest BCUT2D eigenvalue weighted by Crippen LogP contribution is -2.45. The van der Waals surface area contributed by atoms with Crippen LogP contribution in [0.3, 0.4) is 0 Å². The average Bonchev–Trinajstić information content (AvgIpc) is 3.57. The van der Waals surface area contributed by atoms with E-state index in [-0.39, 0.29) is 23.5 Å². The van der Waals surface area contributed by atoms with Crippen LogP contribution in [0.5, 0.6) is 0 Å². The second-order valence-corrected chi connectivity index (χ2v) is 9.48. The molecule has 1 aromatic carbocycles. The lowest BCUT2D eigenvalue weighted by atomic mass is 9.94.